The SMILES string of the molecule is Clc1cc2c(cc1Cl)OC=CO2. The van der Waals surface area contributed by atoms with Crippen molar-refractivity contribution in [1.29, 1.82) is 0 Å². The maximum absolute atomic E-state index is 5.75. The van der Waals surface area contributed by atoms with Crippen molar-refractivity contribution in [2.75, 3.05) is 0 Å². The molecule has 62 valence electrons. The van der Waals surface area contributed by atoms with Crippen LogP contribution in [-0.2, 0) is 0 Å². The quantitative estimate of drug-likeness (QED) is 0.644. The highest BCUT2D eigenvalue weighted by atomic mass is 35.5. The molecule has 0 bridgehead atoms. The number of fused-ring (bicyclic) bond motifs is 1. The average molecular weight is 203 g/mol. The second-order valence-electron chi connectivity index (χ2n) is 2.22. The molecule has 0 radical (unpaired) electrons. The summed E-state index contributed by atoms with van der Waals surface area (Å²) in [4.78, 5) is 0. The van der Waals surface area contributed by atoms with Crippen molar-refractivity contribution in [2.24, 2.45) is 0 Å². The van der Waals surface area contributed by atoms with E-state index in [9.17, 15) is 0 Å². The van der Waals surface area contributed by atoms with Crippen LogP contribution in [0.4, 0.5) is 0 Å². The first kappa shape index (κ1) is 7.77. The molecule has 0 atom stereocenters. The average Bonchev–Trinajstić information content (AvgIpc) is 2.07. The number of hydrogen-bond donors (Lipinski definition) is 0. The Morgan fingerprint density at radius 3 is 1.67 bits per heavy atom. The van der Waals surface area contributed by atoms with Crippen LogP contribution in [0, 0.1) is 0 Å². The summed E-state index contributed by atoms with van der Waals surface area (Å²) in [5.41, 5.74) is 0. The summed E-state index contributed by atoms with van der Waals surface area (Å²) >= 11 is 11.5. The van der Waals surface area contributed by atoms with Crippen molar-refractivity contribution >= 4 is 23.2 Å². The molecule has 12 heavy (non-hydrogen) atoms. The maximum atomic E-state index is 5.75. The number of halogens is 2. The van der Waals surface area contributed by atoms with Crippen molar-refractivity contribution in [2.45, 2.75) is 0 Å². The van der Waals surface area contributed by atoms with E-state index in [0.29, 0.717) is 21.5 Å². The molecule has 4 heteroatoms. The van der Waals surface area contributed by atoms with Crippen LogP contribution in [0.1, 0.15) is 0 Å². The number of rotatable bonds is 0. The molecule has 0 aliphatic carbocycles. The molecule has 1 heterocycles. The van der Waals surface area contributed by atoms with E-state index in [1.165, 1.54) is 12.5 Å². The first-order valence-electron chi connectivity index (χ1n) is 3.25. The van der Waals surface area contributed by atoms with Crippen molar-refractivity contribution in [3.8, 4) is 11.5 Å². The molecule has 0 saturated heterocycles. The van der Waals surface area contributed by atoms with Gasteiger partial charge in [0.1, 0.15) is 12.5 Å². The highest BCUT2D eigenvalue weighted by Crippen LogP contribution is 2.37. The number of ether oxygens (including phenoxy) is 2. The van der Waals surface area contributed by atoms with E-state index in [4.69, 9.17) is 32.7 Å². The van der Waals surface area contributed by atoms with E-state index < -0.39 is 0 Å². The molecular formula is C8H4Cl2O2. The second kappa shape index (κ2) is 2.88. The third kappa shape index (κ3) is 1.24. The summed E-state index contributed by atoms with van der Waals surface area (Å²) < 4.78 is 10.2. The molecule has 1 aliphatic heterocycles. The Morgan fingerprint density at radius 1 is 0.833 bits per heavy atom. The van der Waals surface area contributed by atoms with E-state index in [2.05, 4.69) is 0 Å². The van der Waals surface area contributed by atoms with Crippen molar-refractivity contribution < 1.29 is 9.47 Å². The lowest BCUT2D eigenvalue weighted by atomic mass is 10.3. The van der Waals surface area contributed by atoms with E-state index in [0.717, 1.165) is 0 Å². The van der Waals surface area contributed by atoms with Gasteiger partial charge >= 0.3 is 0 Å². The van der Waals surface area contributed by atoms with E-state index in [1.54, 1.807) is 12.1 Å². The largest absolute Gasteiger partial charge is 0.458 e. The molecule has 0 unspecified atom stereocenters. The molecule has 0 saturated carbocycles. The van der Waals surface area contributed by atoms with Gasteiger partial charge in [-0.1, -0.05) is 23.2 Å². The minimum atomic E-state index is 0.453. The maximum Gasteiger partial charge on any atom is 0.170 e. The van der Waals surface area contributed by atoms with Gasteiger partial charge in [-0.15, -0.1) is 0 Å². The zero-order chi connectivity index (χ0) is 8.55. The first-order valence-corrected chi connectivity index (χ1v) is 4.00. The van der Waals surface area contributed by atoms with Crippen LogP contribution in [0.25, 0.3) is 0 Å². The summed E-state index contributed by atoms with van der Waals surface area (Å²) in [6, 6.07) is 3.23. The predicted molar refractivity (Wildman–Crippen MR) is 46.9 cm³/mol. The highest BCUT2D eigenvalue weighted by molar-refractivity contribution is 6.42. The molecular weight excluding hydrogens is 199 g/mol. The lowest BCUT2D eigenvalue weighted by Crippen LogP contribution is -1.95. The molecule has 0 amide bonds. The first-order chi connectivity index (χ1) is 5.77. The highest BCUT2D eigenvalue weighted by Gasteiger charge is 2.11. The van der Waals surface area contributed by atoms with Crippen LogP contribution in [-0.4, -0.2) is 0 Å². The smallest absolute Gasteiger partial charge is 0.170 e. The second-order valence-corrected chi connectivity index (χ2v) is 3.04. The fourth-order valence-corrected chi connectivity index (χ4v) is 1.20. The van der Waals surface area contributed by atoms with Gasteiger partial charge in [-0.05, 0) is 0 Å². The lowest BCUT2D eigenvalue weighted by molar-refractivity contribution is 0.362. The molecule has 1 aromatic rings. The summed E-state index contributed by atoms with van der Waals surface area (Å²) in [7, 11) is 0. The molecule has 0 aromatic heterocycles. The van der Waals surface area contributed by atoms with Gasteiger partial charge in [0.05, 0.1) is 10.0 Å². The summed E-state index contributed by atoms with van der Waals surface area (Å²) in [6.07, 6.45) is 2.87. The van der Waals surface area contributed by atoms with Crippen molar-refractivity contribution in [1.82, 2.24) is 0 Å². The topological polar surface area (TPSA) is 18.5 Å². The molecule has 2 rings (SSSR count). The van der Waals surface area contributed by atoms with Crippen LogP contribution >= 0.6 is 23.2 Å². The Bertz CT molecular complexity index is 314. The zero-order valence-corrected chi connectivity index (χ0v) is 7.39. The third-order valence-corrected chi connectivity index (χ3v) is 2.15. The monoisotopic (exact) mass is 202 g/mol. The Morgan fingerprint density at radius 2 is 1.25 bits per heavy atom. The van der Waals surface area contributed by atoms with Crippen LogP contribution in [0.5, 0.6) is 11.5 Å². The molecule has 1 aliphatic rings. The van der Waals surface area contributed by atoms with Crippen LogP contribution in [0.2, 0.25) is 10.0 Å². The van der Waals surface area contributed by atoms with E-state index in [-0.39, 0.29) is 0 Å². The van der Waals surface area contributed by atoms with Crippen LogP contribution in [0.15, 0.2) is 24.7 Å². The zero-order valence-electron chi connectivity index (χ0n) is 5.88. The standard InChI is InChI=1S/C8H4Cl2O2/c9-5-3-7-8(4-6(5)10)12-2-1-11-7/h1-4H. The number of benzene rings is 1. The van der Waals surface area contributed by atoms with Crippen molar-refractivity contribution in [3.05, 3.63) is 34.7 Å². The van der Waals surface area contributed by atoms with Crippen molar-refractivity contribution in [3.63, 3.8) is 0 Å². The van der Waals surface area contributed by atoms with Crippen LogP contribution < -0.4 is 9.47 Å². The third-order valence-electron chi connectivity index (χ3n) is 1.43. The lowest BCUT2D eigenvalue weighted by Gasteiger charge is -2.12. The van der Waals surface area contributed by atoms with Gasteiger partial charge in [-0.2, -0.15) is 0 Å². The van der Waals surface area contributed by atoms with Gasteiger partial charge in [0, 0.05) is 12.1 Å². The fourth-order valence-electron chi connectivity index (χ4n) is 0.897. The van der Waals surface area contributed by atoms with Gasteiger partial charge in [0.15, 0.2) is 11.5 Å². The van der Waals surface area contributed by atoms with Gasteiger partial charge in [0.2, 0.25) is 0 Å². The molecule has 0 fully saturated rings. The Hall–Kier alpha value is -0.860. The minimum Gasteiger partial charge on any atom is -0.458 e. The van der Waals surface area contributed by atoms with Gasteiger partial charge < -0.3 is 9.47 Å². The molecule has 1 aromatic carbocycles. The normalized spacial score (nSPS) is 13.2. The summed E-state index contributed by atoms with van der Waals surface area (Å²) in [5.74, 6) is 1.15. The Balaban J connectivity index is 2.53. The van der Waals surface area contributed by atoms with Gasteiger partial charge in [-0.25, -0.2) is 0 Å². The Kier molecular flexibility index (Phi) is 1.87. The molecule has 0 N–H and O–H groups in total. The van der Waals surface area contributed by atoms with E-state index >= 15 is 0 Å². The van der Waals surface area contributed by atoms with Gasteiger partial charge in [0.25, 0.3) is 0 Å². The van der Waals surface area contributed by atoms with Crippen LogP contribution in [0.3, 0.4) is 0 Å². The molecule has 0 spiro atoms. The number of hydrogen-bond acceptors (Lipinski definition) is 2. The summed E-state index contributed by atoms with van der Waals surface area (Å²) in [5, 5.41) is 0.906. The predicted octanol–water partition coefficient (Wildman–Crippen LogP) is 3.24. The van der Waals surface area contributed by atoms with Gasteiger partial charge in [-0.3, -0.25) is 0 Å². The van der Waals surface area contributed by atoms with E-state index in [1.807, 2.05) is 0 Å². The summed E-state index contributed by atoms with van der Waals surface area (Å²) in [6.45, 7) is 0. The fraction of sp³-hybridized carbons (Fsp3) is 0. The molecule has 2 nitrogen and oxygen atoms in total. The minimum absolute atomic E-state index is 0.453. The Labute approximate surface area is 79.3 Å².